The van der Waals surface area contributed by atoms with Crippen molar-refractivity contribution in [3.05, 3.63) is 63.9 Å². The highest BCUT2D eigenvalue weighted by Crippen LogP contribution is 2.26. The maximum atomic E-state index is 12.6. The first-order valence-electron chi connectivity index (χ1n) is 8.12. The third-order valence-corrected chi connectivity index (χ3v) is 4.79. The molecule has 0 aliphatic carbocycles. The first kappa shape index (κ1) is 17.8. The van der Waals surface area contributed by atoms with Crippen LogP contribution in [0.4, 0.5) is 0 Å². The Hall–Kier alpha value is -2.04. The van der Waals surface area contributed by atoms with Gasteiger partial charge in [0.05, 0.1) is 23.5 Å². The zero-order chi connectivity index (χ0) is 18.0. The summed E-state index contributed by atoms with van der Waals surface area (Å²) < 4.78 is 0. The second-order valence-electron chi connectivity index (χ2n) is 6.31. The number of fused-ring (bicyclic) bond motifs is 1. The minimum Gasteiger partial charge on any atom is -0.346 e. The molecule has 1 heterocycles. The second kappa shape index (κ2) is 7.46. The standard InChI is InChI=1S/C19H19Cl2N3O/c1-11(2)18(19-22-15-8-3-4-9-16(15)23-19)24-17(25)10-12-13(20)6-5-7-14(12)21/h3-9,11,18H,10H2,1-2H3,(H,22,23)(H,24,25)/t18-/m0/s1. The topological polar surface area (TPSA) is 57.8 Å². The summed E-state index contributed by atoms with van der Waals surface area (Å²) in [5, 5.41) is 4.03. The molecule has 3 aromatic rings. The predicted octanol–water partition coefficient (Wildman–Crippen LogP) is 4.93. The predicted molar refractivity (Wildman–Crippen MR) is 102 cm³/mol. The Bertz CT molecular complexity index is 851. The molecule has 0 aliphatic rings. The molecule has 4 nitrogen and oxygen atoms in total. The number of benzene rings is 2. The number of hydrogen-bond acceptors (Lipinski definition) is 2. The van der Waals surface area contributed by atoms with Crippen LogP contribution in [0.25, 0.3) is 11.0 Å². The molecular formula is C19H19Cl2N3O. The van der Waals surface area contributed by atoms with Crippen LogP contribution in [0.1, 0.15) is 31.3 Å². The fourth-order valence-corrected chi connectivity index (χ4v) is 3.29. The molecule has 1 amide bonds. The van der Waals surface area contributed by atoms with E-state index < -0.39 is 0 Å². The minimum absolute atomic E-state index is 0.127. The van der Waals surface area contributed by atoms with E-state index in [0.717, 1.165) is 16.9 Å². The lowest BCUT2D eigenvalue weighted by atomic mass is 10.0. The maximum absolute atomic E-state index is 12.6. The highest BCUT2D eigenvalue weighted by Gasteiger charge is 2.22. The van der Waals surface area contributed by atoms with E-state index in [9.17, 15) is 4.79 Å². The van der Waals surface area contributed by atoms with E-state index in [0.29, 0.717) is 15.6 Å². The molecule has 3 rings (SSSR count). The molecule has 0 radical (unpaired) electrons. The van der Waals surface area contributed by atoms with Gasteiger partial charge >= 0.3 is 0 Å². The summed E-state index contributed by atoms with van der Waals surface area (Å²) in [5.74, 6) is 0.773. The number of aromatic nitrogens is 2. The number of hydrogen-bond donors (Lipinski definition) is 2. The number of halogens is 2. The zero-order valence-electron chi connectivity index (χ0n) is 14.0. The van der Waals surface area contributed by atoms with E-state index in [4.69, 9.17) is 23.2 Å². The van der Waals surface area contributed by atoms with Crippen LogP contribution in [0.5, 0.6) is 0 Å². The molecule has 6 heteroatoms. The molecule has 130 valence electrons. The van der Waals surface area contributed by atoms with Crippen LogP contribution >= 0.6 is 23.2 Å². The molecule has 0 fully saturated rings. The van der Waals surface area contributed by atoms with Gasteiger partial charge in [0.2, 0.25) is 5.91 Å². The summed E-state index contributed by atoms with van der Waals surface area (Å²) in [5.41, 5.74) is 2.47. The number of imidazole rings is 1. The van der Waals surface area contributed by atoms with Gasteiger partial charge in [-0.15, -0.1) is 0 Å². The van der Waals surface area contributed by atoms with E-state index in [1.165, 1.54) is 0 Å². The van der Waals surface area contributed by atoms with Gasteiger partial charge in [0.15, 0.2) is 0 Å². The molecule has 0 aliphatic heterocycles. The van der Waals surface area contributed by atoms with Gasteiger partial charge in [-0.3, -0.25) is 4.79 Å². The Morgan fingerprint density at radius 2 is 1.80 bits per heavy atom. The summed E-state index contributed by atoms with van der Waals surface area (Å²) in [6.07, 6.45) is 0.127. The SMILES string of the molecule is CC(C)[C@H](NC(=O)Cc1c(Cl)cccc1Cl)c1nc2ccccc2[nH]1. The summed E-state index contributed by atoms with van der Waals surface area (Å²) in [7, 11) is 0. The monoisotopic (exact) mass is 375 g/mol. The highest BCUT2D eigenvalue weighted by molar-refractivity contribution is 6.36. The van der Waals surface area contributed by atoms with Crippen molar-refractivity contribution in [1.82, 2.24) is 15.3 Å². The molecule has 0 saturated heterocycles. The molecule has 0 saturated carbocycles. The molecule has 25 heavy (non-hydrogen) atoms. The normalized spacial score (nSPS) is 12.5. The van der Waals surface area contributed by atoms with Gasteiger partial charge < -0.3 is 10.3 Å². The summed E-state index contributed by atoms with van der Waals surface area (Å²) in [6.45, 7) is 4.08. The van der Waals surface area contributed by atoms with Gasteiger partial charge in [0.1, 0.15) is 5.82 Å². The number of nitrogens with one attached hydrogen (secondary N) is 2. The zero-order valence-corrected chi connectivity index (χ0v) is 15.5. The molecular weight excluding hydrogens is 357 g/mol. The molecule has 2 aromatic carbocycles. The van der Waals surface area contributed by atoms with Crippen LogP contribution in [0, 0.1) is 5.92 Å². The largest absolute Gasteiger partial charge is 0.346 e. The number of carbonyl (C=O) groups is 1. The van der Waals surface area contributed by atoms with Crippen LogP contribution in [0.2, 0.25) is 10.0 Å². The van der Waals surface area contributed by atoms with E-state index in [2.05, 4.69) is 15.3 Å². The number of amides is 1. The van der Waals surface area contributed by atoms with Gasteiger partial charge in [0, 0.05) is 10.0 Å². The molecule has 1 aromatic heterocycles. The van der Waals surface area contributed by atoms with Crippen molar-refractivity contribution in [2.75, 3.05) is 0 Å². The van der Waals surface area contributed by atoms with Crippen molar-refractivity contribution in [1.29, 1.82) is 0 Å². The average Bonchev–Trinajstić information content (AvgIpc) is 2.99. The van der Waals surface area contributed by atoms with Crippen LogP contribution in [-0.2, 0) is 11.2 Å². The Kier molecular flexibility index (Phi) is 5.30. The number of para-hydroxylation sites is 2. The van der Waals surface area contributed by atoms with Crippen molar-refractivity contribution in [2.24, 2.45) is 5.92 Å². The number of rotatable bonds is 5. The van der Waals surface area contributed by atoms with Crippen LogP contribution in [0.3, 0.4) is 0 Å². The summed E-state index contributed by atoms with van der Waals surface area (Å²) in [6, 6.07) is 12.8. The van der Waals surface area contributed by atoms with E-state index in [-0.39, 0.29) is 24.3 Å². The van der Waals surface area contributed by atoms with Gasteiger partial charge in [0.25, 0.3) is 0 Å². The van der Waals surface area contributed by atoms with Crippen molar-refractivity contribution in [3.63, 3.8) is 0 Å². The van der Waals surface area contributed by atoms with Gasteiger partial charge in [-0.25, -0.2) is 4.98 Å². The van der Waals surface area contributed by atoms with Gasteiger partial charge in [-0.05, 0) is 35.7 Å². The fraction of sp³-hybridized carbons (Fsp3) is 0.263. The highest BCUT2D eigenvalue weighted by atomic mass is 35.5. The minimum atomic E-state index is -0.221. The molecule has 1 atom stereocenters. The molecule has 0 spiro atoms. The van der Waals surface area contributed by atoms with Crippen LogP contribution < -0.4 is 5.32 Å². The Labute approximate surface area is 156 Å². The van der Waals surface area contributed by atoms with Crippen LogP contribution in [-0.4, -0.2) is 15.9 Å². The Balaban J connectivity index is 1.81. The van der Waals surface area contributed by atoms with E-state index >= 15 is 0 Å². The lowest BCUT2D eigenvalue weighted by Gasteiger charge is -2.20. The first-order chi connectivity index (χ1) is 12.0. The van der Waals surface area contributed by atoms with Crippen LogP contribution in [0.15, 0.2) is 42.5 Å². The summed E-state index contributed by atoms with van der Waals surface area (Å²) >= 11 is 12.3. The number of nitrogens with zero attached hydrogens (tertiary/aromatic N) is 1. The van der Waals surface area contributed by atoms with E-state index in [1.807, 2.05) is 38.1 Å². The second-order valence-corrected chi connectivity index (χ2v) is 7.12. The average molecular weight is 376 g/mol. The van der Waals surface area contributed by atoms with Gasteiger partial charge in [-0.1, -0.05) is 55.2 Å². The molecule has 0 unspecified atom stereocenters. The lowest BCUT2D eigenvalue weighted by molar-refractivity contribution is -0.121. The Morgan fingerprint density at radius 1 is 1.12 bits per heavy atom. The van der Waals surface area contributed by atoms with Crippen molar-refractivity contribution in [2.45, 2.75) is 26.3 Å². The van der Waals surface area contributed by atoms with Crippen molar-refractivity contribution < 1.29 is 4.79 Å². The third kappa shape index (κ3) is 3.97. The van der Waals surface area contributed by atoms with Crippen molar-refractivity contribution >= 4 is 40.1 Å². The fourth-order valence-electron chi connectivity index (χ4n) is 2.76. The number of H-pyrrole nitrogens is 1. The van der Waals surface area contributed by atoms with E-state index in [1.54, 1.807) is 18.2 Å². The van der Waals surface area contributed by atoms with Crippen molar-refractivity contribution in [3.8, 4) is 0 Å². The maximum Gasteiger partial charge on any atom is 0.225 e. The molecule has 2 N–H and O–H groups in total. The summed E-state index contributed by atoms with van der Waals surface area (Å²) in [4.78, 5) is 20.4. The molecule has 0 bridgehead atoms. The Morgan fingerprint density at radius 3 is 2.44 bits per heavy atom. The lowest BCUT2D eigenvalue weighted by Crippen LogP contribution is -2.33. The first-order valence-corrected chi connectivity index (χ1v) is 8.88. The van der Waals surface area contributed by atoms with Gasteiger partial charge in [-0.2, -0.15) is 0 Å². The number of aromatic amines is 1. The third-order valence-electron chi connectivity index (χ3n) is 4.08. The number of carbonyl (C=O) groups excluding carboxylic acids is 1. The quantitative estimate of drug-likeness (QED) is 0.664. The smallest absolute Gasteiger partial charge is 0.225 e.